The van der Waals surface area contributed by atoms with E-state index in [0.717, 1.165) is 0 Å². The van der Waals surface area contributed by atoms with Crippen molar-refractivity contribution in [2.75, 3.05) is 0 Å². The quantitative estimate of drug-likeness (QED) is 0.594. The highest BCUT2D eigenvalue weighted by Crippen LogP contribution is 2.50. The van der Waals surface area contributed by atoms with E-state index in [0.29, 0.717) is 0 Å². The van der Waals surface area contributed by atoms with Gasteiger partial charge in [-0.05, 0) is 11.1 Å². The van der Waals surface area contributed by atoms with Gasteiger partial charge in [-0.1, -0.05) is 77.6 Å². The summed E-state index contributed by atoms with van der Waals surface area (Å²) in [5, 5.41) is 0. The van der Waals surface area contributed by atoms with E-state index in [1.165, 1.54) is 36.8 Å². The third-order valence-corrected chi connectivity index (χ3v) is 27.4. The van der Waals surface area contributed by atoms with Gasteiger partial charge >= 0.3 is 0 Å². The van der Waals surface area contributed by atoms with Gasteiger partial charge in [0, 0.05) is 15.2 Å². The van der Waals surface area contributed by atoms with Gasteiger partial charge in [0.2, 0.25) is 0 Å². The molecule has 2 saturated carbocycles. The Kier molecular flexibility index (Phi) is 3.70. The van der Waals surface area contributed by atoms with Crippen molar-refractivity contribution in [1.82, 2.24) is 0 Å². The van der Waals surface area contributed by atoms with Crippen molar-refractivity contribution in [3.05, 3.63) is 0 Å². The zero-order valence-corrected chi connectivity index (χ0v) is 13.8. The van der Waals surface area contributed by atoms with Crippen LogP contribution in [0, 0.1) is 0 Å². The van der Waals surface area contributed by atoms with E-state index in [2.05, 4.69) is 26.2 Å². The van der Waals surface area contributed by atoms with E-state index >= 15 is 0 Å². The van der Waals surface area contributed by atoms with Gasteiger partial charge in [0.15, 0.2) is 0 Å². The third-order valence-electron chi connectivity index (χ3n) is 6.41. The monoisotopic (exact) mass is 254 g/mol. The van der Waals surface area contributed by atoms with Gasteiger partial charge in [0.05, 0.1) is 0 Å². The standard InChI is InChI=1S/C14H30Si2/c1-15(2,13-9-5-6-10-13)16(3,4)14-11-7-8-12-14/h13-14H,5-12H2,1-4H3. The Morgan fingerprint density at radius 3 is 1.06 bits per heavy atom. The second-order valence-corrected chi connectivity index (χ2v) is 23.7. The lowest BCUT2D eigenvalue weighted by Crippen LogP contribution is -2.59. The summed E-state index contributed by atoms with van der Waals surface area (Å²) in [6.07, 6.45) is 12.5. The smallest absolute Gasteiger partial charge is 0.0446 e. The van der Waals surface area contributed by atoms with Gasteiger partial charge in [0.25, 0.3) is 0 Å². The van der Waals surface area contributed by atoms with Gasteiger partial charge < -0.3 is 0 Å². The number of rotatable bonds is 3. The second kappa shape index (κ2) is 4.60. The topological polar surface area (TPSA) is 0 Å². The summed E-state index contributed by atoms with van der Waals surface area (Å²) in [7, 11) is -1.85. The van der Waals surface area contributed by atoms with E-state index in [9.17, 15) is 0 Å². The molecular weight excluding hydrogens is 224 g/mol. The van der Waals surface area contributed by atoms with Crippen LogP contribution in [-0.2, 0) is 0 Å². The molecule has 0 aromatic heterocycles. The minimum absolute atomic E-state index is 0.924. The summed E-state index contributed by atoms with van der Waals surface area (Å²) in [6.45, 7) is 11.0. The highest BCUT2D eigenvalue weighted by atomic mass is 29.3. The molecule has 0 amide bonds. The van der Waals surface area contributed by atoms with Crippen LogP contribution in [-0.4, -0.2) is 15.2 Å². The number of hydrogen-bond donors (Lipinski definition) is 0. The summed E-state index contributed by atoms with van der Waals surface area (Å²) in [5.74, 6) is 0. The summed E-state index contributed by atoms with van der Waals surface area (Å²) in [6, 6.07) is 0. The minimum atomic E-state index is -0.924. The zero-order chi connectivity index (χ0) is 11.8. The Morgan fingerprint density at radius 2 is 0.812 bits per heavy atom. The fraction of sp³-hybridized carbons (Fsp3) is 1.00. The lowest BCUT2D eigenvalue weighted by Gasteiger charge is -2.47. The van der Waals surface area contributed by atoms with Crippen LogP contribution >= 0.6 is 0 Å². The lowest BCUT2D eigenvalue weighted by atomic mass is 10.4. The molecule has 0 heterocycles. The molecule has 0 unspecified atom stereocenters. The van der Waals surface area contributed by atoms with E-state index in [1.54, 1.807) is 25.7 Å². The van der Waals surface area contributed by atoms with Gasteiger partial charge in [0.1, 0.15) is 0 Å². The molecule has 0 aromatic carbocycles. The molecule has 0 aromatic rings. The molecule has 0 aliphatic heterocycles. The van der Waals surface area contributed by atoms with Crippen LogP contribution in [0.15, 0.2) is 0 Å². The highest BCUT2D eigenvalue weighted by molar-refractivity contribution is 7.41. The van der Waals surface area contributed by atoms with Gasteiger partial charge in [-0.3, -0.25) is 0 Å². The first kappa shape index (κ1) is 12.9. The first-order chi connectivity index (χ1) is 7.46. The van der Waals surface area contributed by atoms with E-state index in [1.807, 2.05) is 0 Å². The molecule has 0 spiro atoms. The van der Waals surface area contributed by atoms with Crippen LogP contribution < -0.4 is 0 Å². The Bertz CT molecular complexity index is 207. The fourth-order valence-electron chi connectivity index (χ4n) is 4.35. The van der Waals surface area contributed by atoms with Crippen molar-refractivity contribution >= 4 is 15.2 Å². The summed E-state index contributed by atoms with van der Waals surface area (Å²) < 4.78 is 0. The third kappa shape index (κ3) is 2.07. The average Bonchev–Trinajstić information content (AvgIpc) is 2.91. The maximum Gasteiger partial charge on any atom is 0.0446 e. The first-order valence-electron chi connectivity index (χ1n) is 7.46. The Morgan fingerprint density at radius 1 is 0.562 bits per heavy atom. The van der Waals surface area contributed by atoms with Crippen LogP contribution in [0.5, 0.6) is 0 Å². The fourth-order valence-corrected chi connectivity index (χ4v) is 18.2. The molecule has 0 nitrogen and oxygen atoms in total. The molecular formula is C14H30Si2. The van der Waals surface area contributed by atoms with Gasteiger partial charge in [-0.2, -0.15) is 0 Å². The van der Waals surface area contributed by atoms with E-state index < -0.39 is 15.2 Å². The summed E-state index contributed by atoms with van der Waals surface area (Å²) in [5.41, 5.74) is 2.38. The second-order valence-electron chi connectivity index (χ2n) is 7.41. The molecule has 94 valence electrons. The maximum atomic E-state index is 2.76. The predicted molar refractivity (Wildman–Crippen MR) is 79.4 cm³/mol. The molecule has 0 bridgehead atoms. The van der Waals surface area contributed by atoms with Crippen LogP contribution in [0.4, 0.5) is 0 Å². The summed E-state index contributed by atoms with van der Waals surface area (Å²) >= 11 is 0. The lowest BCUT2D eigenvalue weighted by molar-refractivity contribution is 0.820. The molecule has 0 radical (unpaired) electrons. The first-order valence-corrected chi connectivity index (χ1v) is 14.6. The molecule has 0 N–H and O–H groups in total. The molecule has 0 saturated heterocycles. The van der Waals surface area contributed by atoms with Crippen LogP contribution in [0.3, 0.4) is 0 Å². The van der Waals surface area contributed by atoms with Gasteiger partial charge in [-0.25, -0.2) is 0 Å². The van der Waals surface area contributed by atoms with Crippen molar-refractivity contribution < 1.29 is 0 Å². The highest BCUT2D eigenvalue weighted by Gasteiger charge is 2.50. The van der Waals surface area contributed by atoms with Crippen molar-refractivity contribution in [2.24, 2.45) is 0 Å². The van der Waals surface area contributed by atoms with Crippen molar-refractivity contribution in [3.8, 4) is 0 Å². The van der Waals surface area contributed by atoms with Crippen molar-refractivity contribution in [3.63, 3.8) is 0 Å². The molecule has 2 fully saturated rings. The largest absolute Gasteiger partial charge is 0.0711 e. The maximum absolute atomic E-state index is 2.76. The predicted octanol–water partition coefficient (Wildman–Crippen LogP) is 5.37. The van der Waals surface area contributed by atoms with Crippen LogP contribution in [0.2, 0.25) is 37.3 Å². The zero-order valence-electron chi connectivity index (χ0n) is 11.8. The van der Waals surface area contributed by atoms with Crippen molar-refractivity contribution in [2.45, 2.75) is 88.6 Å². The van der Waals surface area contributed by atoms with Crippen LogP contribution in [0.25, 0.3) is 0 Å². The molecule has 2 aliphatic rings. The summed E-state index contributed by atoms with van der Waals surface area (Å²) in [4.78, 5) is 0. The van der Waals surface area contributed by atoms with E-state index in [4.69, 9.17) is 0 Å². The Balaban J connectivity index is 2.12. The molecule has 16 heavy (non-hydrogen) atoms. The SMILES string of the molecule is C[Si](C)(C1CCCC1)[Si](C)(C)C1CCCC1. The molecule has 2 aliphatic carbocycles. The molecule has 2 rings (SSSR count). The van der Waals surface area contributed by atoms with Crippen LogP contribution in [0.1, 0.15) is 51.4 Å². The molecule has 0 atom stereocenters. The number of hydrogen-bond acceptors (Lipinski definition) is 0. The van der Waals surface area contributed by atoms with Gasteiger partial charge in [-0.15, -0.1) is 0 Å². The Labute approximate surface area is 104 Å². The van der Waals surface area contributed by atoms with Crippen molar-refractivity contribution in [1.29, 1.82) is 0 Å². The van der Waals surface area contributed by atoms with E-state index in [-0.39, 0.29) is 0 Å². The minimum Gasteiger partial charge on any atom is -0.0711 e. The Hall–Kier alpha value is 0.434. The normalized spacial score (nSPS) is 25.5. The average molecular weight is 255 g/mol. The molecule has 2 heteroatoms.